The molecule has 2 atom stereocenters. The summed E-state index contributed by atoms with van der Waals surface area (Å²) >= 11 is 0. The van der Waals surface area contributed by atoms with E-state index in [1.807, 2.05) is 0 Å². The summed E-state index contributed by atoms with van der Waals surface area (Å²) in [6.07, 6.45) is 7.32. The first-order chi connectivity index (χ1) is 10.9. The van der Waals surface area contributed by atoms with Gasteiger partial charge in [0.25, 0.3) is 0 Å². The zero-order valence-electron chi connectivity index (χ0n) is 12.8. The highest BCUT2D eigenvalue weighted by Crippen LogP contribution is 2.34. The summed E-state index contributed by atoms with van der Waals surface area (Å²) in [5.41, 5.74) is 3.94. The highest BCUT2D eigenvalue weighted by molar-refractivity contribution is 5.61. The predicted octanol–water partition coefficient (Wildman–Crippen LogP) is 4.33. The average Bonchev–Trinajstić information content (AvgIpc) is 3.10. The van der Waals surface area contributed by atoms with Gasteiger partial charge in [0.2, 0.25) is 0 Å². The minimum absolute atomic E-state index is 0.321. The van der Waals surface area contributed by atoms with Crippen LogP contribution in [0.4, 0.5) is 5.69 Å². The second-order valence-electron chi connectivity index (χ2n) is 6.21. The van der Waals surface area contributed by atoms with E-state index in [9.17, 15) is 0 Å². The minimum Gasteiger partial charge on any atom is -0.376 e. The number of fused-ring (bicyclic) bond motifs is 1. The Morgan fingerprint density at radius 2 is 1.59 bits per heavy atom. The molecule has 4 rings (SSSR count). The summed E-state index contributed by atoms with van der Waals surface area (Å²) in [5, 5.41) is 3.77. The third-order valence-corrected chi connectivity index (χ3v) is 4.80. The average molecular weight is 290 g/mol. The van der Waals surface area contributed by atoms with Crippen molar-refractivity contribution in [2.45, 2.75) is 24.9 Å². The highest BCUT2D eigenvalue weighted by Gasteiger charge is 2.31. The molecule has 0 bridgehead atoms. The molecule has 0 saturated carbocycles. The van der Waals surface area contributed by atoms with Gasteiger partial charge in [-0.2, -0.15) is 0 Å². The van der Waals surface area contributed by atoms with Crippen molar-refractivity contribution < 1.29 is 0 Å². The maximum atomic E-state index is 3.77. The van der Waals surface area contributed by atoms with Gasteiger partial charge in [-0.3, -0.25) is 4.90 Å². The zero-order valence-corrected chi connectivity index (χ0v) is 12.8. The molecule has 0 aromatic heterocycles. The Balaban J connectivity index is 1.69. The molecular formula is C20H22N2. The minimum atomic E-state index is 0.321. The number of anilines is 1. The maximum absolute atomic E-state index is 3.77. The molecule has 22 heavy (non-hydrogen) atoms. The smallest absolute Gasteiger partial charge is 0.0710 e. The molecule has 2 heteroatoms. The van der Waals surface area contributed by atoms with Gasteiger partial charge in [-0.1, -0.05) is 54.6 Å². The van der Waals surface area contributed by atoms with E-state index in [4.69, 9.17) is 0 Å². The highest BCUT2D eigenvalue weighted by atomic mass is 15.2. The maximum Gasteiger partial charge on any atom is 0.0710 e. The summed E-state index contributed by atoms with van der Waals surface area (Å²) in [6, 6.07) is 20.1. The van der Waals surface area contributed by atoms with Crippen molar-refractivity contribution in [3.63, 3.8) is 0 Å². The van der Waals surface area contributed by atoms with Gasteiger partial charge in [-0.05, 0) is 49.2 Å². The lowest BCUT2D eigenvalue weighted by Gasteiger charge is -2.37. The zero-order chi connectivity index (χ0) is 14.8. The summed E-state index contributed by atoms with van der Waals surface area (Å²) in [5.74, 6) is 0. The molecule has 2 aromatic rings. The predicted molar refractivity (Wildman–Crippen MR) is 92.9 cm³/mol. The Labute approximate surface area is 132 Å². The first-order valence-corrected chi connectivity index (χ1v) is 8.24. The van der Waals surface area contributed by atoms with Crippen LogP contribution in [0.1, 0.15) is 30.0 Å². The van der Waals surface area contributed by atoms with Gasteiger partial charge in [0.15, 0.2) is 0 Å². The van der Waals surface area contributed by atoms with Crippen molar-refractivity contribution in [2.75, 3.05) is 18.4 Å². The molecule has 2 aliphatic rings. The monoisotopic (exact) mass is 290 g/mol. The van der Waals surface area contributed by atoms with Crippen molar-refractivity contribution in [1.29, 1.82) is 0 Å². The van der Waals surface area contributed by atoms with Crippen LogP contribution in [0.5, 0.6) is 0 Å². The van der Waals surface area contributed by atoms with E-state index in [2.05, 4.69) is 77.0 Å². The van der Waals surface area contributed by atoms with E-state index >= 15 is 0 Å². The van der Waals surface area contributed by atoms with Crippen LogP contribution in [-0.4, -0.2) is 24.0 Å². The number of hydrogen-bond acceptors (Lipinski definition) is 2. The second-order valence-corrected chi connectivity index (χ2v) is 6.21. The molecular weight excluding hydrogens is 268 g/mol. The van der Waals surface area contributed by atoms with E-state index in [1.165, 1.54) is 42.7 Å². The van der Waals surface area contributed by atoms with Crippen molar-refractivity contribution >= 4 is 11.8 Å². The molecule has 1 N–H and O–H groups in total. The van der Waals surface area contributed by atoms with Crippen LogP contribution in [-0.2, 0) is 0 Å². The fourth-order valence-corrected chi connectivity index (χ4v) is 3.69. The fraction of sp³-hybridized carbons (Fsp3) is 0.300. The molecule has 112 valence electrons. The first kappa shape index (κ1) is 13.6. The number of rotatable bonds is 3. The van der Waals surface area contributed by atoms with Gasteiger partial charge in [-0.25, -0.2) is 0 Å². The van der Waals surface area contributed by atoms with Gasteiger partial charge in [-0.15, -0.1) is 0 Å². The van der Waals surface area contributed by atoms with E-state index in [0.29, 0.717) is 12.1 Å². The molecule has 2 aromatic carbocycles. The normalized spacial score (nSPS) is 24.2. The molecule has 0 radical (unpaired) electrons. The van der Waals surface area contributed by atoms with E-state index in [-0.39, 0.29) is 0 Å². The third kappa shape index (κ3) is 2.55. The number of para-hydroxylation sites is 1. The quantitative estimate of drug-likeness (QED) is 0.905. The summed E-state index contributed by atoms with van der Waals surface area (Å²) in [4.78, 5) is 2.62. The molecule has 1 fully saturated rings. The molecule has 2 nitrogen and oxygen atoms in total. The third-order valence-electron chi connectivity index (χ3n) is 4.80. The fourth-order valence-electron chi connectivity index (χ4n) is 3.69. The molecule has 0 amide bonds. The van der Waals surface area contributed by atoms with E-state index < -0.39 is 0 Å². The van der Waals surface area contributed by atoms with Crippen LogP contribution in [0.2, 0.25) is 0 Å². The van der Waals surface area contributed by atoms with Gasteiger partial charge in [0.1, 0.15) is 0 Å². The largest absolute Gasteiger partial charge is 0.376 e. The molecule has 1 saturated heterocycles. The number of likely N-dealkylation sites (tertiary alicyclic amines) is 1. The lowest BCUT2D eigenvalue weighted by molar-refractivity contribution is 0.259. The van der Waals surface area contributed by atoms with E-state index in [1.54, 1.807) is 0 Å². The topological polar surface area (TPSA) is 15.3 Å². The van der Waals surface area contributed by atoms with Crippen LogP contribution in [0.25, 0.3) is 6.08 Å². The molecule has 1 aliphatic carbocycles. The van der Waals surface area contributed by atoms with Gasteiger partial charge < -0.3 is 5.32 Å². The Hall–Kier alpha value is -2.06. The van der Waals surface area contributed by atoms with Crippen LogP contribution < -0.4 is 5.32 Å². The molecule has 1 aliphatic heterocycles. The van der Waals surface area contributed by atoms with E-state index in [0.717, 1.165) is 0 Å². The first-order valence-electron chi connectivity index (χ1n) is 8.24. The van der Waals surface area contributed by atoms with Crippen molar-refractivity contribution in [3.8, 4) is 0 Å². The van der Waals surface area contributed by atoms with Crippen molar-refractivity contribution in [3.05, 3.63) is 71.8 Å². The SMILES string of the molecule is C1=C[C@H](N2CCCC2)[C@@H](Nc2ccccc2)c2ccccc21. The molecule has 1 heterocycles. The number of benzene rings is 2. The number of nitrogens with zero attached hydrogens (tertiary/aromatic N) is 1. The number of hydrogen-bond donors (Lipinski definition) is 1. The van der Waals surface area contributed by atoms with Crippen molar-refractivity contribution in [2.24, 2.45) is 0 Å². The van der Waals surface area contributed by atoms with Gasteiger partial charge in [0.05, 0.1) is 12.1 Å². The lowest BCUT2D eigenvalue weighted by Crippen LogP contribution is -2.40. The summed E-state index contributed by atoms with van der Waals surface area (Å²) < 4.78 is 0. The Bertz CT molecular complexity index is 656. The van der Waals surface area contributed by atoms with Crippen LogP contribution in [0.15, 0.2) is 60.7 Å². The Morgan fingerprint density at radius 1 is 0.864 bits per heavy atom. The number of nitrogens with one attached hydrogen (secondary N) is 1. The summed E-state index contributed by atoms with van der Waals surface area (Å²) in [6.45, 7) is 2.42. The molecule has 0 spiro atoms. The molecule has 0 unspecified atom stereocenters. The van der Waals surface area contributed by atoms with Crippen LogP contribution in [0.3, 0.4) is 0 Å². The van der Waals surface area contributed by atoms with Gasteiger partial charge >= 0.3 is 0 Å². The second kappa shape index (κ2) is 5.98. The van der Waals surface area contributed by atoms with Crippen LogP contribution >= 0.6 is 0 Å². The van der Waals surface area contributed by atoms with Crippen molar-refractivity contribution in [1.82, 2.24) is 4.90 Å². The summed E-state index contributed by atoms with van der Waals surface area (Å²) in [7, 11) is 0. The van der Waals surface area contributed by atoms with Gasteiger partial charge in [0, 0.05) is 5.69 Å². The Morgan fingerprint density at radius 3 is 2.41 bits per heavy atom. The lowest BCUT2D eigenvalue weighted by atomic mass is 9.88. The van der Waals surface area contributed by atoms with Crippen LogP contribution in [0, 0.1) is 0 Å². The Kier molecular flexibility index (Phi) is 3.69. The standard InChI is InChI=1S/C20H22N2/c1-2-9-17(10-3-1)21-20-18-11-5-4-8-16(18)12-13-19(20)22-14-6-7-15-22/h1-5,8-13,19-21H,6-7,14-15H2/t19-,20-/m0/s1.